The van der Waals surface area contributed by atoms with Gasteiger partial charge in [-0.15, -0.1) is 0 Å². The Morgan fingerprint density at radius 1 is 1.41 bits per heavy atom. The standard InChI is InChI=1S/C12H17IN2O2/c1-9(7-15-12(16)17-2)14-8-10-3-5-11(13)6-4-10/h3-6,9,14H,7-8H2,1-2H3,(H,15,16). The second-order valence-electron chi connectivity index (χ2n) is 3.78. The highest BCUT2D eigenvalue weighted by atomic mass is 127. The lowest BCUT2D eigenvalue weighted by Crippen LogP contribution is -2.38. The summed E-state index contributed by atoms with van der Waals surface area (Å²) in [7, 11) is 1.36. The number of hydrogen-bond donors (Lipinski definition) is 2. The van der Waals surface area contributed by atoms with Gasteiger partial charge in [0.1, 0.15) is 0 Å². The van der Waals surface area contributed by atoms with Crippen molar-refractivity contribution in [2.24, 2.45) is 0 Å². The number of amides is 1. The number of carbonyl (C=O) groups excluding carboxylic acids is 1. The second-order valence-corrected chi connectivity index (χ2v) is 5.03. The first-order valence-corrected chi connectivity index (χ1v) is 6.49. The van der Waals surface area contributed by atoms with Gasteiger partial charge in [0.05, 0.1) is 7.11 Å². The molecule has 0 aliphatic heterocycles. The van der Waals surface area contributed by atoms with E-state index in [1.165, 1.54) is 16.2 Å². The van der Waals surface area contributed by atoms with Crippen LogP contribution in [0.15, 0.2) is 24.3 Å². The lowest BCUT2D eigenvalue weighted by molar-refractivity contribution is 0.170. The van der Waals surface area contributed by atoms with Crippen molar-refractivity contribution in [2.75, 3.05) is 13.7 Å². The average molecular weight is 348 g/mol. The normalized spacial score (nSPS) is 11.9. The van der Waals surface area contributed by atoms with Gasteiger partial charge in [0.25, 0.3) is 0 Å². The van der Waals surface area contributed by atoms with Crippen LogP contribution in [0.25, 0.3) is 0 Å². The lowest BCUT2D eigenvalue weighted by atomic mass is 10.2. The van der Waals surface area contributed by atoms with Crippen molar-refractivity contribution in [1.29, 1.82) is 0 Å². The van der Waals surface area contributed by atoms with Gasteiger partial charge in [-0.05, 0) is 47.2 Å². The Balaban J connectivity index is 2.25. The smallest absolute Gasteiger partial charge is 0.406 e. The number of ether oxygens (including phenoxy) is 1. The minimum absolute atomic E-state index is 0.202. The van der Waals surface area contributed by atoms with Crippen molar-refractivity contribution in [3.8, 4) is 0 Å². The first kappa shape index (κ1) is 14.2. The third-order valence-corrected chi connectivity index (χ3v) is 3.03. The van der Waals surface area contributed by atoms with Gasteiger partial charge < -0.3 is 15.4 Å². The van der Waals surface area contributed by atoms with Gasteiger partial charge in [-0.3, -0.25) is 0 Å². The number of halogens is 1. The van der Waals surface area contributed by atoms with Crippen LogP contribution in [-0.2, 0) is 11.3 Å². The summed E-state index contributed by atoms with van der Waals surface area (Å²) in [4.78, 5) is 10.9. The summed E-state index contributed by atoms with van der Waals surface area (Å²) in [5, 5.41) is 5.98. The SMILES string of the molecule is COC(=O)NCC(C)NCc1ccc(I)cc1. The molecule has 1 aromatic carbocycles. The van der Waals surface area contributed by atoms with Crippen molar-refractivity contribution in [1.82, 2.24) is 10.6 Å². The summed E-state index contributed by atoms with van der Waals surface area (Å²) in [5.74, 6) is 0. The van der Waals surface area contributed by atoms with Crippen molar-refractivity contribution in [3.63, 3.8) is 0 Å². The molecule has 0 saturated heterocycles. The Hall–Kier alpha value is -0.820. The van der Waals surface area contributed by atoms with Gasteiger partial charge >= 0.3 is 6.09 Å². The molecule has 0 saturated carbocycles. The number of hydrogen-bond acceptors (Lipinski definition) is 3. The molecule has 1 amide bonds. The quantitative estimate of drug-likeness (QED) is 0.802. The summed E-state index contributed by atoms with van der Waals surface area (Å²) in [6, 6.07) is 8.54. The van der Waals surface area contributed by atoms with Crippen LogP contribution < -0.4 is 10.6 Å². The highest BCUT2D eigenvalue weighted by Gasteiger charge is 2.04. The monoisotopic (exact) mass is 348 g/mol. The van der Waals surface area contributed by atoms with Crippen LogP contribution >= 0.6 is 22.6 Å². The van der Waals surface area contributed by atoms with Gasteiger partial charge in [-0.2, -0.15) is 0 Å². The molecule has 1 rings (SSSR count). The second kappa shape index (κ2) is 7.50. The van der Waals surface area contributed by atoms with Crippen LogP contribution in [0.1, 0.15) is 12.5 Å². The van der Waals surface area contributed by atoms with Crippen LogP contribution in [0.4, 0.5) is 4.79 Å². The molecule has 0 spiro atoms. The fraction of sp³-hybridized carbons (Fsp3) is 0.417. The van der Waals surface area contributed by atoms with E-state index in [2.05, 4.69) is 62.2 Å². The number of nitrogens with one attached hydrogen (secondary N) is 2. The Kier molecular flexibility index (Phi) is 6.28. The zero-order valence-corrected chi connectivity index (χ0v) is 12.2. The van der Waals surface area contributed by atoms with Crippen LogP contribution in [0.5, 0.6) is 0 Å². The average Bonchev–Trinajstić information content (AvgIpc) is 2.35. The molecule has 0 fully saturated rings. The molecule has 0 aliphatic carbocycles. The van der Waals surface area contributed by atoms with Crippen LogP contribution in [0, 0.1) is 3.57 Å². The molecule has 94 valence electrons. The molecule has 0 heterocycles. The van der Waals surface area contributed by atoms with E-state index in [1.54, 1.807) is 0 Å². The van der Waals surface area contributed by atoms with Gasteiger partial charge in [0.2, 0.25) is 0 Å². The number of carbonyl (C=O) groups is 1. The van der Waals surface area contributed by atoms with Gasteiger partial charge in [0.15, 0.2) is 0 Å². The number of alkyl carbamates (subject to hydrolysis) is 1. The van der Waals surface area contributed by atoms with E-state index in [-0.39, 0.29) is 6.04 Å². The van der Waals surface area contributed by atoms with E-state index in [4.69, 9.17) is 0 Å². The molecule has 0 bridgehead atoms. The van der Waals surface area contributed by atoms with E-state index < -0.39 is 6.09 Å². The molecular formula is C12H17IN2O2. The highest BCUT2D eigenvalue weighted by Crippen LogP contribution is 2.06. The third kappa shape index (κ3) is 5.88. The molecule has 0 aromatic heterocycles. The maximum absolute atomic E-state index is 10.9. The zero-order valence-electron chi connectivity index (χ0n) is 10.00. The Morgan fingerprint density at radius 2 is 2.06 bits per heavy atom. The molecule has 1 unspecified atom stereocenters. The molecule has 0 aliphatic rings. The molecule has 1 atom stereocenters. The van der Waals surface area contributed by atoms with E-state index in [0.29, 0.717) is 6.54 Å². The van der Waals surface area contributed by atoms with Gasteiger partial charge in [-0.1, -0.05) is 12.1 Å². The Bertz CT molecular complexity index is 354. The van der Waals surface area contributed by atoms with Crippen molar-refractivity contribution in [2.45, 2.75) is 19.5 Å². The fourth-order valence-corrected chi connectivity index (χ4v) is 1.63. The molecular weight excluding hydrogens is 331 g/mol. The topological polar surface area (TPSA) is 50.4 Å². The van der Waals surface area contributed by atoms with Gasteiger partial charge in [-0.25, -0.2) is 4.79 Å². The fourth-order valence-electron chi connectivity index (χ4n) is 1.28. The molecule has 2 N–H and O–H groups in total. The first-order chi connectivity index (χ1) is 8.11. The summed E-state index contributed by atoms with van der Waals surface area (Å²) in [6.45, 7) is 3.36. The van der Waals surface area contributed by atoms with E-state index in [1.807, 2.05) is 6.92 Å². The number of methoxy groups -OCH3 is 1. The van der Waals surface area contributed by atoms with E-state index >= 15 is 0 Å². The largest absolute Gasteiger partial charge is 0.453 e. The minimum atomic E-state index is -0.395. The molecule has 17 heavy (non-hydrogen) atoms. The zero-order chi connectivity index (χ0) is 12.7. The molecule has 0 radical (unpaired) electrons. The van der Waals surface area contributed by atoms with Crippen molar-refractivity contribution < 1.29 is 9.53 Å². The van der Waals surface area contributed by atoms with Crippen molar-refractivity contribution >= 4 is 28.7 Å². The van der Waals surface area contributed by atoms with E-state index in [0.717, 1.165) is 6.54 Å². The van der Waals surface area contributed by atoms with Crippen LogP contribution in [-0.4, -0.2) is 25.8 Å². The minimum Gasteiger partial charge on any atom is -0.453 e. The van der Waals surface area contributed by atoms with E-state index in [9.17, 15) is 4.79 Å². The highest BCUT2D eigenvalue weighted by molar-refractivity contribution is 14.1. The lowest BCUT2D eigenvalue weighted by Gasteiger charge is -2.14. The first-order valence-electron chi connectivity index (χ1n) is 5.41. The number of benzene rings is 1. The predicted molar refractivity (Wildman–Crippen MR) is 75.9 cm³/mol. The maximum atomic E-state index is 10.9. The summed E-state index contributed by atoms with van der Waals surface area (Å²) in [6.07, 6.45) is -0.395. The van der Waals surface area contributed by atoms with Gasteiger partial charge in [0, 0.05) is 22.7 Å². The molecule has 4 nitrogen and oxygen atoms in total. The Labute approximate surface area is 115 Å². The summed E-state index contributed by atoms with van der Waals surface area (Å²) >= 11 is 2.28. The molecule has 5 heteroatoms. The molecule has 1 aromatic rings. The van der Waals surface area contributed by atoms with Crippen LogP contribution in [0.3, 0.4) is 0 Å². The van der Waals surface area contributed by atoms with Crippen LogP contribution in [0.2, 0.25) is 0 Å². The number of rotatable bonds is 5. The summed E-state index contributed by atoms with van der Waals surface area (Å²) < 4.78 is 5.73. The maximum Gasteiger partial charge on any atom is 0.406 e. The Morgan fingerprint density at radius 3 is 2.65 bits per heavy atom. The third-order valence-electron chi connectivity index (χ3n) is 2.31. The van der Waals surface area contributed by atoms with Crippen molar-refractivity contribution in [3.05, 3.63) is 33.4 Å². The predicted octanol–water partition coefficient (Wildman–Crippen LogP) is 2.13. The summed E-state index contributed by atoms with van der Waals surface area (Å²) in [5.41, 5.74) is 1.23.